The number of rotatable bonds is 6. The number of pyridine rings is 1. The number of amides is 2. The quantitative estimate of drug-likeness (QED) is 0.687. The Labute approximate surface area is 162 Å². The normalized spacial score (nSPS) is 10.4. The lowest BCUT2D eigenvalue weighted by atomic mass is 10.1. The zero-order valence-corrected chi connectivity index (χ0v) is 15.4. The topological polar surface area (TPSA) is 71.1 Å². The number of hydrogen-bond acceptors (Lipinski definition) is 3. The molecule has 0 fully saturated rings. The highest BCUT2D eigenvalue weighted by atomic mass is 19.1. The molecular formula is C22H20FN3O2. The molecule has 0 spiro atoms. The number of carbonyl (C=O) groups excluding carboxylic acids is 2. The second kappa shape index (κ2) is 8.90. The van der Waals surface area contributed by atoms with E-state index in [2.05, 4.69) is 15.6 Å². The van der Waals surface area contributed by atoms with Crippen LogP contribution in [0.1, 0.15) is 32.0 Å². The molecule has 1 aromatic heterocycles. The van der Waals surface area contributed by atoms with E-state index in [4.69, 9.17) is 0 Å². The number of nitrogens with zero attached hydrogens (tertiary/aromatic N) is 1. The van der Waals surface area contributed by atoms with Crippen LogP contribution in [0.15, 0.2) is 66.9 Å². The van der Waals surface area contributed by atoms with Gasteiger partial charge in [-0.05, 0) is 60.9 Å². The summed E-state index contributed by atoms with van der Waals surface area (Å²) in [7, 11) is 0. The largest absolute Gasteiger partial charge is 0.352 e. The summed E-state index contributed by atoms with van der Waals surface area (Å²) >= 11 is 0. The molecule has 28 heavy (non-hydrogen) atoms. The first-order valence-corrected chi connectivity index (χ1v) is 8.88. The number of carbonyl (C=O) groups is 2. The zero-order chi connectivity index (χ0) is 19.9. The minimum Gasteiger partial charge on any atom is -0.352 e. The van der Waals surface area contributed by atoms with Gasteiger partial charge in [0.05, 0.1) is 0 Å². The van der Waals surface area contributed by atoms with E-state index in [1.54, 1.807) is 24.3 Å². The van der Waals surface area contributed by atoms with E-state index in [0.29, 0.717) is 24.2 Å². The van der Waals surface area contributed by atoms with Gasteiger partial charge in [-0.1, -0.05) is 24.3 Å². The van der Waals surface area contributed by atoms with Crippen molar-refractivity contribution in [2.75, 3.05) is 11.9 Å². The van der Waals surface area contributed by atoms with Gasteiger partial charge in [0, 0.05) is 24.0 Å². The van der Waals surface area contributed by atoms with Gasteiger partial charge in [0.2, 0.25) is 0 Å². The summed E-state index contributed by atoms with van der Waals surface area (Å²) in [6.45, 7) is 2.34. The Bertz CT molecular complexity index is 987. The van der Waals surface area contributed by atoms with Crippen molar-refractivity contribution in [2.24, 2.45) is 0 Å². The SMILES string of the molecule is Cc1cccc(NC(=O)c2cc(C(=O)NCCc3ccc(F)cc3)ccn2)c1. The van der Waals surface area contributed by atoms with Crippen LogP contribution >= 0.6 is 0 Å². The van der Waals surface area contributed by atoms with Crippen molar-refractivity contribution in [1.82, 2.24) is 10.3 Å². The van der Waals surface area contributed by atoms with Crippen LogP contribution in [0.3, 0.4) is 0 Å². The summed E-state index contributed by atoms with van der Waals surface area (Å²) in [4.78, 5) is 28.8. The summed E-state index contributed by atoms with van der Waals surface area (Å²) in [5.74, 6) is -0.971. The van der Waals surface area contributed by atoms with Gasteiger partial charge in [-0.25, -0.2) is 4.39 Å². The van der Waals surface area contributed by atoms with Crippen LogP contribution in [-0.4, -0.2) is 23.3 Å². The summed E-state index contributed by atoms with van der Waals surface area (Å²) in [6, 6.07) is 16.6. The van der Waals surface area contributed by atoms with E-state index in [1.807, 2.05) is 25.1 Å². The van der Waals surface area contributed by atoms with Gasteiger partial charge in [0.25, 0.3) is 11.8 Å². The van der Waals surface area contributed by atoms with Crippen LogP contribution in [0.4, 0.5) is 10.1 Å². The lowest BCUT2D eigenvalue weighted by Crippen LogP contribution is -2.26. The van der Waals surface area contributed by atoms with Gasteiger partial charge >= 0.3 is 0 Å². The second-order valence-corrected chi connectivity index (χ2v) is 6.39. The number of aromatic nitrogens is 1. The number of anilines is 1. The predicted molar refractivity (Wildman–Crippen MR) is 106 cm³/mol. The van der Waals surface area contributed by atoms with E-state index in [9.17, 15) is 14.0 Å². The van der Waals surface area contributed by atoms with Gasteiger partial charge in [-0.3, -0.25) is 14.6 Å². The number of halogens is 1. The average molecular weight is 377 g/mol. The highest BCUT2D eigenvalue weighted by Gasteiger charge is 2.12. The minimum atomic E-state index is -0.383. The first-order valence-electron chi connectivity index (χ1n) is 8.88. The van der Waals surface area contributed by atoms with Crippen LogP contribution < -0.4 is 10.6 Å². The Kier molecular flexibility index (Phi) is 6.11. The smallest absolute Gasteiger partial charge is 0.274 e. The summed E-state index contributed by atoms with van der Waals surface area (Å²) in [5.41, 5.74) is 3.13. The molecule has 0 atom stereocenters. The lowest BCUT2D eigenvalue weighted by Gasteiger charge is -2.08. The molecule has 2 amide bonds. The summed E-state index contributed by atoms with van der Waals surface area (Å²) < 4.78 is 12.9. The van der Waals surface area contributed by atoms with Crippen molar-refractivity contribution in [3.05, 3.63) is 95.1 Å². The van der Waals surface area contributed by atoms with Gasteiger partial charge in [-0.15, -0.1) is 0 Å². The molecule has 0 aliphatic carbocycles. The third kappa shape index (κ3) is 5.23. The van der Waals surface area contributed by atoms with Gasteiger partial charge in [-0.2, -0.15) is 0 Å². The summed E-state index contributed by atoms with van der Waals surface area (Å²) in [5, 5.41) is 5.56. The average Bonchev–Trinajstić information content (AvgIpc) is 2.69. The first-order chi connectivity index (χ1) is 13.5. The number of nitrogens with one attached hydrogen (secondary N) is 2. The van der Waals surface area contributed by atoms with E-state index in [0.717, 1.165) is 11.1 Å². The van der Waals surface area contributed by atoms with Crippen molar-refractivity contribution in [3.8, 4) is 0 Å². The Balaban J connectivity index is 1.59. The first kappa shape index (κ1) is 19.2. The molecule has 3 rings (SSSR count). The van der Waals surface area contributed by atoms with Crippen molar-refractivity contribution < 1.29 is 14.0 Å². The molecule has 0 unspecified atom stereocenters. The Morgan fingerprint density at radius 3 is 2.54 bits per heavy atom. The van der Waals surface area contributed by atoms with E-state index < -0.39 is 0 Å². The fraction of sp³-hybridized carbons (Fsp3) is 0.136. The molecule has 6 heteroatoms. The highest BCUT2D eigenvalue weighted by Crippen LogP contribution is 2.11. The number of benzene rings is 2. The van der Waals surface area contributed by atoms with E-state index in [1.165, 1.54) is 24.4 Å². The van der Waals surface area contributed by atoms with Gasteiger partial charge in [0.1, 0.15) is 11.5 Å². The minimum absolute atomic E-state index is 0.160. The fourth-order valence-electron chi connectivity index (χ4n) is 2.69. The van der Waals surface area contributed by atoms with E-state index in [-0.39, 0.29) is 23.3 Å². The van der Waals surface area contributed by atoms with Crippen LogP contribution in [-0.2, 0) is 6.42 Å². The predicted octanol–water partition coefficient (Wildman–Crippen LogP) is 3.75. The Morgan fingerprint density at radius 2 is 1.79 bits per heavy atom. The second-order valence-electron chi connectivity index (χ2n) is 6.39. The molecule has 3 aromatic rings. The third-order valence-electron chi connectivity index (χ3n) is 4.14. The van der Waals surface area contributed by atoms with Crippen molar-refractivity contribution in [2.45, 2.75) is 13.3 Å². The molecule has 0 saturated heterocycles. The molecular weight excluding hydrogens is 357 g/mol. The highest BCUT2D eigenvalue weighted by molar-refractivity contribution is 6.04. The van der Waals surface area contributed by atoms with Crippen LogP contribution in [0.25, 0.3) is 0 Å². The molecule has 0 radical (unpaired) electrons. The van der Waals surface area contributed by atoms with Crippen molar-refractivity contribution in [3.63, 3.8) is 0 Å². The third-order valence-corrected chi connectivity index (χ3v) is 4.14. The molecule has 0 aliphatic rings. The Hall–Kier alpha value is -3.54. The van der Waals surface area contributed by atoms with Crippen molar-refractivity contribution in [1.29, 1.82) is 0 Å². The maximum absolute atomic E-state index is 12.9. The van der Waals surface area contributed by atoms with Crippen molar-refractivity contribution >= 4 is 17.5 Å². The molecule has 142 valence electrons. The lowest BCUT2D eigenvalue weighted by molar-refractivity contribution is 0.0954. The molecule has 2 aromatic carbocycles. The molecule has 1 heterocycles. The molecule has 5 nitrogen and oxygen atoms in total. The number of aryl methyl sites for hydroxylation is 1. The molecule has 0 saturated carbocycles. The zero-order valence-electron chi connectivity index (χ0n) is 15.4. The van der Waals surface area contributed by atoms with E-state index >= 15 is 0 Å². The molecule has 2 N–H and O–H groups in total. The molecule has 0 aliphatic heterocycles. The maximum Gasteiger partial charge on any atom is 0.274 e. The number of hydrogen-bond donors (Lipinski definition) is 2. The molecule has 0 bridgehead atoms. The fourth-order valence-corrected chi connectivity index (χ4v) is 2.69. The summed E-state index contributed by atoms with van der Waals surface area (Å²) in [6.07, 6.45) is 2.01. The standard InChI is InChI=1S/C22H20FN3O2/c1-15-3-2-4-19(13-15)26-22(28)20-14-17(10-12-24-20)21(27)25-11-9-16-5-7-18(23)8-6-16/h2-8,10,12-14H,9,11H2,1H3,(H,25,27)(H,26,28). The van der Waals surface area contributed by atoms with Gasteiger partial charge in [0.15, 0.2) is 0 Å². The van der Waals surface area contributed by atoms with Crippen LogP contribution in [0.2, 0.25) is 0 Å². The maximum atomic E-state index is 12.9. The van der Waals surface area contributed by atoms with Crippen LogP contribution in [0.5, 0.6) is 0 Å². The Morgan fingerprint density at radius 1 is 1.00 bits per heavy atom. The monoisotopic (exact) mass is 377 g/mol. The van der Waals surface area contributed by atoms with Gasteiger partial charge < -0.3 is 10.6 Å². The van der Waals surface area contributed by atoms with Crippen LogP contribution in [0, 0.1) is 12.7 Å².